The minimum Gasteiger partial charge on any atom is -0.342 e. The van der Waals surface area contributed by atoms with E-state index in [4.69, 9.17) is 0 Å². The van der Waals surface area contributed by atoms with Gasteiger partial charge in [0.05, 0.1) is 5.41 Å². The summed E-state index contributed by atoms with van der Waals surface area (Å²) < 4.78 is 2.29. The number of imidazole rings is 1. The van der Waals surface area contributed by atoms with Gasteiger partial charge in [-0.1, -0.05) is 30.3 Å². The average molecular weight is 337 g/mol. The number of aryl methyl sites for hydroxylation is 2. The highest BCUT2D eigenvalue weighted by molar-refractivity contribution is 5.91. The van der Waals surface area contributed by atoms with Crippen LogP contribution in [0, 0.1) is 19.8 Å². The number of nitrogens with zero attached hydrogens (tertiary/aromatic N) is 3. The minimum absolute atomic E-state index is 0.232. The lowest BCUT2D eigenvalue weighted by atomic mass is 9.91. The van der Waals surface area contributed by atoms with E-state index in [0.717, 1.165) is 44.7 Å². The maximum atomic E-state index is 13.3. The number of likely N-dealkylation sites (tertiary alicyclic amines) is 1. The Morgan fingerprint density at radius 1 is 1.24 bits per heavy atom. The first-order valence-electron chi connectivity index (χ1n) is 9.44. The van der Waals surface area contributed by atoms with Crippen molar-refractivity contribution in [2.45, 2.75) is 51.5 Å². The van der Waals surface area contributed by atoms with Crippen LogP contribution in [0.4, 0.5) is 0 Å². The summed E-state index contributed by atoms with van der Waals surface area (Å²) in [4.78, 5) is 19.8. The molecule has 1 saturated heterocycles. The van der Waals surface area contributed by atoms with Gasteiger partial charge in [0.15, 0.2) is 0 Å². The summed E-state index contributed by atoms with van der Waals surface area (Å²) in [5.41, 5.74) is 2.18. The molecule has 1 saturated carbocycles. The van der Waals surface area contributed by atoms with Crippen LogP contribution in [-0.4, -0.2) is 33.4 Å². The normalized spacial score (nSPS) is 22.0. The zero-order valence-electron chi connectivity index (χ0n) is 15.2. The molecule has 2 heterocycles. The third-order valence-corrected chi connectivity index (χ3v) is 5.99. The fraction of sp³-hybridized carbons (Fsp3) is 0.524. The molecule has 4 rings (SSSR count). The minimum atomic E-state index is -0.232. The number of hydrogen-bond donors (Lipinski definition) is 0. The standard InChI is InChI=1S/C21H27N3O/c1-16-13-22-17(2)24(16)15-18-7-6-12-23(14-18)20(25)21(10-11-21)19-8-4-3-5-9-19/h3-5,8-9,13,18H,6-7,10-12,14-15H2,1-2H3. The number of carbonyl (C=O) groups is 1. The Hall–Kier alpha value is -2.10. The van der Waals surface area contributed by atoms with Crippen LogP contribution in [0.1, 0.15) is 42.8 Å². The molecule has 2 aromatic rings. The molecule has 2 aliphatic rings. The predicted molar refractivity (Wildman–Crippen MR) is 98.4 cm³/mol. The first-order chi connectivity index (χ1) is 12.1. The van der Waals surface area contributed by atoms with Crippen molar-refractivity contribution in [3.63, 3.8) is 0 Å². The Balaban J connectivity index is 1.47. The van der Waals surface area contributed by atoms with E-state index in [1.54, 1.807) is 0 Å². The second kappa shape index (κ2) is 6.32. The van der Waals surface area contributed by atoms with Gasteiger partial charge < -0.3 is 9.47 Å². The first-order valence-corrected chi connectivity index (χ1v) is 9.44. The van der Waals surface area contributed by atoms with Crippen LogP contribution in [0.15, 0.2) is 36.5 Å². The molecular formula is C21H27N3O. The van der Waals surface area contributed by atoms with Crippen LogP contribution in [0.3, 0.4) is 0 Å². The Kier molecular flexibility index (Phi) is 4.14. The van der Waals surface area contributed by atoms with E-state index in [2.05, 4.69) is 40.4 Å². The quantitative estimate of drug-likeness (QED) is 0.857. The highest BCUT2D eigenvalue weighted by Gasteiger charge is 2.53. The summed E-state index contributed by atoms with van der Waals surface area (Å²) in [6.07, 6.45) is 6.23. The Labute approximate surface area is 149 Å². The van der Waals surface area contributed by atoms with Crippen LogP contribution in [0.25, 0.3) is 0 Å². The number of amides is 1. The number of benzene rings is 1. The third-order valence-electron chi connectivity index (χ3n) is 5.99. The van der Waals surface area contributed by atoms with Gasteiger partial charge in [0.2, 0.25) is 5.91 Å². The van der Waals surface area contributed by atoms with Gasteiger partial charge in [0.1, 0.15) is 5.82 Å². The molecule has 1 aromatic carbocycles. The smallest absolute Gasteiger partial charge is 0.233 e. The number of rotatable bonds is 4. The molecule has 1 atom stereocenters. The summed E-state index contributed by atoms with van der Waals surface area (Å²) in [7, 11) is 0. The number of hydrogen-bond acceptors (Lipinski definition) is 2. The van der Waals surface area contributed by atoms with Crippen molar-refractivity contribution in [2.24, 2.45) is 5.92 Å². The molecule has 1 aliphatic heterocycles. The highest BCUT2D eigenvalue weighted by atomic mass is 16.2. The average Bonchev–Trinajstić information content (AvgIpc) is 3.40. The lowest BCUT2D eigenvalue weighted by Crippen LogP contribution is -2.46. The Morgan fingerprint density at radius 2 is 2.00 bits per heavy atom. The van der Waals surface area contributed by atoms with E-state index in [0.29, 0.717) is 11.8 Å². The van der Waals surface area contributed by atoms with E-state index in [9.17, 15) is 4.79 Å². The fourth-order valence-electron chi connectivity index (χ4n) is 4.33. The second-order valence-corrected chi connectivity index (χ2v) is 7.76. The zero-order chi connectivity index (χ0) is 17.4. The van der Waals surface area contributed by atoms with Crippen LogP contribution in [0.2, 0.25) is 0 Å². The molecule has 0 spiro atoms. The summed E-state index contributed by atoms with van der Waals surface area (Å²) in [6.45, 7) is 6.93. The summed E-state index contributed by atoms with van der Waals surface area (Å²) >= 11 is 0. The van der Waals surface area contributed by atoms with Gasteiger partial charge in [0.25, 0.3) is 0 Å². The van der Waals surface area contributed by atoms with Gasteiger partial charge in [-0.15, -0.1) is 0 Å². The molecule has 1 aromatic heterocycles. The van der Waals surface area contributed by atoms with Crippen molar-refractivity contribution < 1.29 is 4.79 Å². The maximum Gasteiger partial charge on any atom is 0.233 e. The molecular weight excluding hydrogens is 310 g/mol. The first kappa shape index (κ1) is 16.4. The van der Waals surface area contributed by atoms with Crippen molar-refractivity contribution in [1.82, 2.24) is 14.5 Å². The predicted octanol–water partition coefficient (Wildman–Crippen LogP) is 3.47. The topological polar surface area (TPSA) is 38.1 Å². The van der Waals surface area contributed by atoms with E-state index in [-0.39, 0.29) is 5.41 Å². The van der Waals surface area contributed by atoms with Gasteiger partial charge in [-0.2, -0.15) is 0 Å². The number of aromatic nitrogens is 2. The van der Waals surface area contributed by atoms with Crippen LogP contribution < -0.4 is 0 Å². The van der Waals surface area contributed by atoms with E-state index >= 15 is 0 Å². The Morgan fingerprint density at radius 3 is 2.64 bits per heavy atom. The molecule has 25 heavy (non-hydrogen) atoms. The van der Waals surface area contributed by atoms with Crippen LogP contribution in [0.5, 0.6) is 0 Å². The molecule has 1 amide bonds. The van der Waals surface area contributed by atoms with Crippen LogP contribution in [-0.2, 0) is 16.8 Å². The SMILES string of the molecule is Cc1cnc(C)n1CC1CCCN(C(=O)C2(c3ccccc3)CC2)C1. The van der Waals surface area contributed by atoms with Gasteiger partial charge in [0, 0.05) is 31.5 Å². The molecule has 0 N–H and O–H groups in total. The van der Waals surface area contributed by atoms with E-state index in [1.807, 2.05) is 24.4 Å². The Bertz CT molecular complexity index is 741. The van der Waals surface area contributed by atoms with Gasteiger partial charge in [-0.25, -0.2) is 4.98 Å². The number of piperidine rings is 1. The second-order valence-electron chi connectivity index (χ2n) is 7.76. The molecule has 1 aliphatic carbocycles. The van der Waals surface area contributed by atoms with Crippen molar-refractivity contribution in [2.75, 3.05) is 13.1 Å². The van der Waals surface area contributed by atoms with Gasteiger partial charge in [-0.05, 0) is 51.0 Å². The molecule has 4 nitrogen and oxygen atoms in total. The molecule has 0 radical (unpaired) electrons. The van der Waals surface area contributed by atoms with Crippen LogP contribution >= 0.6 is 0 Å². The van der Waals surface area contributed by atoms with E-state index in [1.165, 1.54) is 17.7 Å². The third kappa shape index (κ3) is 2.99. The lowest BCUT2D eigenvalue weighted by molar-refractivity contribution is -0.135. The zero-order valence-corrected chi connectivity index (χ0v) is 15.2. The summed E-state index contributed by atoms with van der Waals surface area (Å²) in [5, 5.41) is 0. The monoisotopic (exact) mass is 337 g/mol. The molecule has 1 unspecified atom stereocenters. The van der Waals surface area contributed by atoms with Gasteiger partial charge in [-0.3, -0.25) is 4.79 Å². The highest BCUT2D eigenvalue weighted by Crippen LogP contribution is 2.50. The number of carbonyl (C=O) groups excluding carboxylic acids is 1. The molecule has 2 fully saturated rings. The van der Waals surface area contributed by atoms with Crippen molar-refractivity contribution >= 4 is 5.91 Å². The summed E-state index contributed by atoms with van der Waals surface area (Å²) in [6, 6.07) is 10.4. The van der Waals surface area contributed by atoms with Crippen molar-refractivity contribution in [3.05, 3.63) is 53.6 Å². The maximum absolute atomic E-state index is 13.3. The van der Waals surface area contributed by atoms with Crippen molar-refractivity contribution in [3.8, 4) is 0 Å². The van der Waals surface area contributed by atoms with E-state index < -0.39 is 0 Å². The molecule has 4 heteroatoms. The largest absolute Gasteiger partial charge is 0.342 e. The van der Waals surface area contributed by atoms with Crippen molar-refractivity contribution in [1.29, 1.82) is 0 Å². The fourth-order valence-corrected chi connectivity index (χ4v) is 4.33. The molecule has 0 bridgehead atoms. The summed E-state index contributed by atoms with van der Waals surface area (Å²) in [5.74, 6) is 1.95. The molecule has 132 valence electrons. The lowest BCUT2D eigenvalue weighted by Gasteiger charge is -2.35. The van der Waals surface area contributed by atoms with Gasteiger partial charge >= 0.3 is 0 Å².